The summed E-state index contributed by atoms with van der Waals surface area (Å²) in [5.41, 5.74) is 10.4. The van der Waals surface area contributed by atoms with E-state index in [-0.39, 0.29) is 0 Å². The number of imidazole rings is 1. The van der Waals surface area contributed by atoms with Gasteiger partial charge in [0, 0.05) is 40.0 Å². The summed E-state index contributed by atoms with van der Waals surface area (Å²) < 4.78 is 7.62. The Bertz CT molecular complexity index is 1670. The van der Waals surface area contributed by atoms with Crippen LogP contribution in [-0.4, -0.2) is 9.13 Å². The first-order valence-corrected chi connectivity index (χ1v) is 15.0. The lowest BCUT2D eigenvalue weighted by Gasteiger charge is -2.29. The molecule has 0 unspecified atom stereocenters. The fourth-order valence-electron chi connectivity index (χ4n) is 8.24. The molecular weight excluding hydrogens is 462 g/mol. The minimum absolute atomic E-state index is 0.618. The number of para-hydroxylation sites is 1. The van der Waals surface area contributed by atoms with Gasteiger partial charge in [-0.25, -0.2) is 4.57 Å². The predicted molar refractivity (Wildman–Crippen MR) is 156 cm³/mol. The number of nitrogens with zero attached hydrogens (tertiary/aromatic N) is 3. The normalized spacial score (nSPS) is 18.3. The summed E-state index contributed by atoms with van der Waals surface area (Å²) in [5, 5.41) is 2.90. The van der Waals surface area contributed by atoms with Crippen LogP contribution in [0.25, 0.3) is 38.9 Å². The summed E-state index contributed by atoms with van der Waals surface area (Å²) in [7, 11) is 2.31. The molecule has 2 saturated carbocycles. The molecule has 0 bridgehead atoms. The Balaban J connectivity index is 1.50. The molecule has 1 aliphatic heterocycles. The Labute approximate surface area is 225 Å². The van der Waals surface area contributed by atoms with E-state index < -0.39 is 0 Å². The second-order valence-electron chi connectivity index (χ2n) is 12.1. The highest BCUT2D eigenvalue weighted by molar-refractivity contribution is 6.10. The summed E-state index contributed by atoms with van der Waals surface area (Å²) in [6.45, 7) is 0.978. The van der Waals surface area contributed by atoms with E-state index in [0.717, 1.165) is 6.54 Å². The first kappa shape index (κ1) is 22.6. The van der Waals surface area contributed by atoms with Crippen molar-refractivity contribution in [3.05, 3.63) is 83.7 Å². The Morgan fingerprint density at radius 1 is 0.763 bits per heavy atom. The van der Waals surface area contributed by atoms with Gasteiger partial charge < -0.3 is 4.57 Å². The number of rotatable bonds is 3. The highest BCUT2D eigenvalue weighted by Gasteiger charge is 2.36. The largest absolute Gasteiger partial charge is 0.343 e. The zero-order valence-corrected chi connectivity index (χ0v) is 22.6. The minimum atomic E-state index is 0.618. The third kappa shape index (κ3) is 3.30. The third-order valence-electron chi connectivity index (χ3n) is 10.0. The maximum absolute atomic E-state index is 2.63. The molecular formula is C35H38N3+. The van der Waals surface area contributed by atoms with Crippen molar-refractivity contribution in [2.24, 2.45) is 7.05 Å². The van der Waals surface area contributed by atoms with Gasteiger partial charge in [-0.3, -0.25) is 0 Å². The topological polar surface area (TPSA) is 13.7 Å². The molecule has 8 rings (SSSR count). The molecule has 3 heteroatoms. The fourth-order valence-corrected chi connectivity index (χ4v) is 8.24. The first-order valence-electron chi connectivity index (χ1n) is 15.0. The number of aryl methyl sites for hydroxylation is 1. The van der Waals surface area contributed by atoms with Gasteiger partial charge in [-0.2, -0.15) is 4.57 Å². The molecule has 192 valence electrons. The third-order valence-corrected chi connectivity index (χ3v) is 10.0. The van der Waals surface area contributed by atoms with E-state index in [4.69, 9.17) is 0 Å². The summed E-state index contributed by atoms with van der Waals surface area (Å²) in [6.07, 6.45) is 18.2. The zero-order valence-electron chi connectivity index (χ0n) is 22.6. The monoisotopic (exact) mass is 500 g/mol. The second kappa shape index (κ2) is 8.86. The van der Waals surface area contributed by atoms with Crippen LogP contribution < -0.4 is 4.57 Å². The van der Waals surface area contributed by atoms with Crippen LogP contribution in [0.15, 0.2) is 67.0 Å². The van der Waals surface area contributed by atoms with Crippen molar-refractivity contribution in [2.75, 3.05) is 0 Å². The van der Waals surface area contributed by atoms with E-state index >= 15 is 0 Å². The molecule has 38 heavy (non-hydrogen) atoms. The Hall–Kier alpha value is -3.33. The lowest BCUT2D eigenvalue weighted by molar-refractivity contribution is -0.671. The molecule has 3 aromatic carbocycles. The van der Waals surface area contributed by atoms with Crippen molar-refractivity contribution in [3.8, 4) is 17.1 Å². The Morgan fingerprint density at radius 3 is 2.29 bits per heavy atom. The van der Waals surface area contributed by atoms with Gasteiger partial charge in [0.25, 0.3) is 5.82 Å². The van der Waals surface area contributed by atoms with Crippen molar-refractivity contribution in [2.45, 2.75) is 82.6 Å². The van der Waals surface area contributed by atoms with Gasteiger partial charge in [0.1, 0.15) is 24.6 Å². The number of benzene rings is 3. The molecule has 0 atom stereocenters. The maximum Gasteiger partial charge on any atom is 0.294 e. The van der Waals surface area contributed by atoms with Crippen LogP contribution in [0.2, 0.25) is 0 Å². The fraction of sp³-hybridized carbons (Fsp3) is 0.400. The van der Waals surface area contributed by atoms with Crippen molar-refractivity contribution >= 4 is 21.8 Å². The van der Waals surface area contributed by atoms with Crippen LogP contribution in [0.5, 0.6) is 0 Å². The minimum Gasteiger partial charge on any atom is -0.343 e. The summed E-state index contributed by atoms with van der Waals surface area (Å²) in [5.74, 6) is 2.63. The van der Waals surface area contributed by atoms with Crippen molar-refractivity contribution in [1.82, 2.24) is 9.13 Å². The molecule has 3 aliphatic rings. The van der Waals surface area contributed by atoms with Gasteiger partial charge >= 0.3 is 0 Å². The quantitative estimate of drug-likeness (QED) is 0.216. The SMILES string of the molecule is Cn1c2ccccc2c2cc(C3CCCCC3)c(-n3cc[n+]4c3-c3ccccc3C4)c(C3CCCCC3)c21. The highest BCUT2D eigenvalue weighted by atomic mass is 15.2. The first-order chi connectivity index (χ1) is 18.8. The smallest absolute Gasteiger partial charge is 0.294 e. The van der Waals surface area contributed by atoms with Crippen LogP contribution in [0.1, 0.15) is 92.7 Å². The number of fused-ring (bicyclic) bond motifs is 6. The maximum atomic E-state index is 2.63. The molecule has 3 heterocycles. The summed E-state index contributed by atoms with van der Waals surface area (Å²) in [6, 6.07) is 20.8. The molecule has 0 N–H and O–H groups in total. The van der Waals surface area contributed by atoms with Crippen LogP contribution >= 0.6 is 0 Å². The lowest BCUT2D eigenvalue weighted by Crippen LogP contribution is -2.30. The van der Waals surface area contributed by atoms with E-state index in [1.54, 1.807) is 11.1 Å². The number of aromatic nitrogens is 3. The van der Waals surface area contributed by atoms with Gasteiger partial charge in [-0.15, -0.1) is 0 Å². The predicted octanol–water partition coefficient (Wildman–Crippen LogP) is 8.53. The molecule has 2 aromatic heterocycles. The average molecular weight is 501 g/mol. The van der Waals surface area contributed by atoms with Gasteiger partial charge in [0.2, 0.25) is 0 Å². The van der Waals surface area contributed by atoms with E-state index in [1.165, 1.54) is 109 Å². The van der Waals surface area contributed by atoms with E-state index in [0.29, 0.717) is 11.8 Å². The molecule has 2 fully saturated rings. The molecule has 0 radical (unpaired) electrons. The number of hydrogen-bond donors (Lipinski definition) is 0. The zero-order chi connectivity index (χ0) is 25.2. The summed E-state index contributed by atoms with van der Waals surface area (Å²) >= 11 is 0. The van der Waals surface area contributed by atoms with Gasteiger partial charge in [0.05, 0.1) is 11.1 Å². The van der Waals surface area contributed by atoms with Crippen molar-refractivity contribution in [3.63, 3.8) is 0 Å². The lowest BCUT2D eigenvalue weighted by atomic mass is 9.77. The van der Waals surface area contributed by atoms with Gasteiger partial charge in [-0.1, -0.05) is 74.9 Å². The molecule has 3 nitrogen and oxygen atoms in total. The Morgan fingerprint density at radius 2 is 1.47 bits per heavy atom. The van der Waals surface area contributed by atoms with Crippen LogP contribution in [0.3, 0.4) is 0 Å². The summed E-state index contributed by atoms with van der Waals surface area (Å²) in [4.78, 5) is 0. The standard InChI is InChI=1S/C35H38N3/c1-36-31-19-11-10-18-28(31)30-22-29(24-12-4-2-5-13-24)34(32(33(30)36)25-14-6-3-7-15-25)38-21-20-37-23-26-16-8-9-17-27(26)35(37)38/h8-11,16-22,24-25H,2-7,12-15,23H2,1H3/q+1. The molecule has 2 aliphatic carbocycles. The second-order valence-corrected chi connectivity index (χ2v) is 12.1. The van der Waals surface area contributed by atoms with Crippen LogP contribution in [0, 0.1) is 0 Å². The number of hydrogen-bond acceptors (Lipinski definition) is 0. The molecule has 0 spiro atoms. The van der Waals surface area contributed by atoms with E-state index in [9.17, 15) is 0 Å². The van der Waals surface area contributed by atoms with E-state index in [1.807, 2.05) is 0 Å². The van der Waals surface area contributed by atoms with Crippen LogP contribution in [0.4, 0.5) is 0 Å². The molecule has 0 amide bonds. The highest BCUT2D eigenvalue weighted by Crippen LogP contribution is 2.48. The van der Waals surface area contributed by atoms with E-state index in [2.05, 4.69) is 87.7 Å². The van der Waals surface area contributed by atoms with Gasteiger partial charge in [-0.05, 0) is 55.7 Å². The van der Waals surface area contributed by atoms with Crippen LogP contribution in [-0.2, 0) is 13.6 Å². The van der Waals surface area contributed by atoms with Crippen molar-refractivity contribution < 1.29 is 4.57 Å². The molecule has 0 saturated heterocycles. The molecule has 5 aromatic rings. The van der Waals surface area contributed by atoms with Crippen molar-refractivity contribution in [1.29, 1.82) is 0 Å². The average Bonchev–Trinajstić information content (AvgIpc) is 3.64. The van der Waals surface area contributed by atoms with Gasteiger partial charge in [0.15, 0.2) is 0 Å². The Kier molecular flexibility index (Phi) is 5.28.